The molecule has 1 aliphatic rings. The highest BCUT2D eigenvalue weighted by Crippen LogP contribution is 2.24. The number of benzene rings is 2. The average molecular weight is 397 g/mol. The number of rotatable bonds is 7. The van der Waals surface area contributed by atoms with Crippen molar-refractivity contribution in [1.82, 2.24) is 0 Å². The minimum absolute atomic E-state index is 0.00310. The monoisotopic (exact) mass is 397 g/mol. The molecular weight excluding hydrogens is 370 g/mol. The number of esters is 1. The summed E-state index contributed by atoms with van der Waals surface area (Å²) in [6, 6.07) is 13.8. The van der Waals surface area contributed by atoms with Gasteiger partial charge in [0.2, 0.25) is 0 Å². The molecule has 1 atom stereocenters. The van der Waals surface area contributed by atoms with Crippen molar-refractivity contribution in [2.24, 2.45) is 0 Å². The zero-order valence-corrected chi connectivity index (χ0v) is 16.9. The maximum atomic E-state index is 12.5. The predicted molar refractivity (Wildman–Crippen MR) is 110 cm³/mol. The van der Waals surface area contributed by atoms with Crippen LogP contribution in [0.4, 0.5) is 5.69 Å². The molecule has 2 aromatic carbocycles. The molecule has 0 radical (unpaired) electrons. The van der Waals surface area contributed by atoms with Crippen molar-refractivity contribution >= 4 is 17.6 Å². The van der Waals surface area contributed by atoms with E-state index in [1.807, 2.05) is 12.1 Å². The molecule has 0 heterocycles. The van der Waals surface area contributed by atoms with E-state index in [-0.39, 0.29) is 18.0 Å². The predicted octanol–water partition coefficient (Wildman–Crippen LogP) is 4.59. The third-order valence-electron chi connectivity index (χ3n) is 4.95. The third kappa shape index (κ3) is 5.73. The zero-order chi connectivity index (χ0) is 20.6. The van der Waals surface area contributed by atoms with Crippen LogP contribution in [0.5, 0.6) is 11.5 Å². The van der Waals surface area contributed by atoms with Gasteiger partial charge in [0.1, 0.15) is 17.6 Å². The van der Waals surface area contributed by atoms with Gasteiger partial charge in [-0.25, -0.2) is 4.79 Å². The number of carbonyl (C=O) groups is 2. The van der Waals surface area contributed by atoms with Crippen molar-refractivity contribution in [3.05, 3.63) is 54.1 Å². The van der Waals surface area contributed by atoms with Crippen LogP contribution in [0.3, 0.4) is 0 Å². The first-order chi connectivity index (χ1) is 14.1. The number of para-hydroxylation sites is 2. The summed E-state index contributed by atoms with van der Waals surface area (Å²) in [7, 11) is 1.55. The molecular formula is C23H27NO5. The Bertz CT molecular complexity index is 827. The Labute approximate surface area is 171 Å². The fourth-order valence-corrected chi connectivity index (χ4v) is 3.32. The lowest BCUT2D eigenvalue weighted by molar-refractivity contribution is -0.158. The molecule has 0 unspecified atom stereocenters. The van der Waals surface area contributed by atoms with Crippen molar-refractivity contribution in [3.8, 4) is 11.5 Å². The van der Waals surface area contributed by atoms with E-state index in [1.165, 1.54) is 6.42 Å². The fourth-order valence-electron chi connectivity index (χ4n) is 3.32. The number of anilines is 1. The van der Waals surface area contributed by atoms with Gasteiger partial charge < -0.3 is 19.5 Å². The van der Waals surface area contributed by atoms with Gasteiger partial charge in [-0.1, -0.05) is 18.6 Å². The van der Waals surface area contributed by atoms with Gasteiger partial charge >= 0.3 is 5.97 Å². The highest BCUT2D eigenvalue weighted by atomic mass is 16.6. The van der Waals surface area contributed by atoms with Crippen LogP contribution < -0.4 is 14.8 Å². The molecule has 0 bridgehead atoms. The molecule has 1 amide bonds. The topological polar surface area (TPSA) is 73.9 Å². The Kier molecular flexibility index (Phi) is 7.11. The van der Waals surface area contributed by atoms with Gasteiger partial charge in [-0.15, -0.1) is 0 Å². The van der Waals surface area contributed by atoms with Gasteiger partial charge in [-0.05, 0) is 69.0 Å². The molecule has 1 aliphatic carbocycles. The van der Waals surface area contributed by atoms with Crippen molar-refractivity contribution in [2.75, 3.05) is 12.4 Å². The summed E-state index contributed by atoms with van der Waals surface area (Å²) in [5.74, 6) is 0.485. The zero-order valence-electron chi connectivity index (χ0n) is 16.9. The van der Waals surface area contributed by atoms with E-state index in [1.54, 1.807) is 50.4 Å². The molecule has 29 heavy (non-hydrogen) atoms. The fraction of sp³-hybridized carbons (Fsp3) is 0.391. The van der Waals surface area contributed by atoms with E-state index in [0.29, 0.717) is 22.7 Å². The van der Waals surface area contributed by atoms with Gasteiger partial charge in [0, 0.05) is 5.56 Å². The average Bonchev–Trinajstić information content (AvgIpc) is 2.75. The molecule has 2 aromatic rings. The number of hydrogen-bond donors (Lipinski definition) is 1. The maximum Gasteiger partial charge on any atom is 0.347 e. The highest BCUT2D eigenvalue weighted by molar-refractivity contribution is 6.05. The van der Waals surface area contributed by atoms with Crippen LogP contribution in [0.2, 0.25) is 0 Å². The molecule has 0 aromatic heterocycles. The first kappa shape index (κ1) is 20.7. The lowest BCUT2D eigenvalue weighted by Crippen LogP contribution is -2.31. The second kappa shape index (κ2) is 9.96. The second-order valence-electron chi connectivity index (χ2n) is 7.14. The molecule has 0 aliphatic heterocycles. The molecule has 154 valence electrons. The Morgan fingerprint density at radius 2 is 1.69 bits per heavy atom. The van der Waals surface area contributed by atoms with Crippen molar-refractivity contribution in [3.63, 3.8) is 0 Å². The first-order valence-corrected chi connectivity index (χ1v) is 9.98. The van der Waals surface area contributed by atoms with Crippen molar-refractivity contribution < 1.29 is 23.8 Å². The normalized spacial score (nSPS) is 15.2. The molecule has 6 heteroatoms. The van der Waals surface area contributed by atoms with Crippen LogP contribution in [0.25, 0.3) is 0 Å². The molecule has 3 rings (SSSR count). The minimum Gasteiger partial charge on any atom is -0.495 e. The summed E-state index contributed by atoms with van der Waals surface area (Å²) in [5.41, 5.74) is 1.07. The molecule has 0 saturated heterocycles. The smallest absolute Gasteiger partial charge is 0.347 e. The molecule has 1 saturated carbocycles. The summed E-state index contributed by atoms with van der Waals surface area (Å²) in [6.45, 7) is 1.67. The summed E-state index contributed by atoms with van der Waals surface area (Å²) in [5, 5.41) is 2.82. The number of nitrogens with one attached hydrogen (secondary N) is 1. The van der Waals surface area contributed by atoms with E-state index in [9.17, 15) is 9.59 Å². The number of ether oxygens (including phenoxy) is 3. The van der Waals surface area contributed by atoms with Gasteiger partial charge in [-0.3, -0.25) is 4.79 Å². The molecule has 1 N–H and O–H groups in total. The molecule has 0 spiro atoms. The van der Waals surface area contributed by atoms with Crippen LogP contribution in [0.1, 0.15) is 49.4 Å². The molecule has 1 fully saturated rings. The Balaban J connectivity index is 1.55. The van der Waals surface area contributed by atoms with Crippen LogP contribution in [0, 0.1) is 0 Å². The lowest BCUT2D eigenvalue weighted by atomic mass is 9.98. The number of methoxy groups -OCH3 is 1. The largest absolute Gasteiger partial charge is 0.495 e. The number of amides is 1. The minimum atomic E-state index is -0.704. The molecule has 6 nitrogen and oxygen atoms in total. The highest BCUT2D eigenvalue weighted by Gasteiger charge is 2.23. The quantitative estimate of drug-likeness (QED) is 0.692. The Morgan fingerprint density at radius 3 is 2.38 bits per heavy atom. The van der Waals surface area contributed by atoms with Gasteiger partial charge in [0.05, 0.1) is 12.8 Å². The number of hydrogen-bond acceptors (Lipinski definition) is 5. The van der Waals surface area contributed by atoms with E-state index >= 15 is 0 Å². The van der Waals surface area contributed by atoms with Crippen LogP contribution in [-0.2, 0) is 9.53 Å². The standard InChI is InChI=1S/C23H27NO5/c1-16(23(26)29-18-8-4-3-5-9-18)28-19-14-12-17(13-15-19)22(25)24-20-10-6-7-11-21(20)27-2/h6-7,10-16,18H,3-5,8-9H2,1-2H3,(H,24,25)/t16-/m1/s1. The summed E-state index contributed by atoms with van der Waals surface area (Å²) < 4.78 is 16.5. The van der Waals surface area contributed by atoms with E-state index in [0.717, 1.165) is 25.7 Å². The first-order valence-electron chi connectivity index (χ1n) is 9.98. The van der Waals surface area contributed by atoms with Crippen LogP contribution in [0.15, 0.2) is 48.5 Å². The van der Waals surface area contributed by atoms with Gasteiger partial charge in [-0.2, -0.15) is 0 Å². The van der Waals surface area contributed by atoms with Gasteiger partial charge in [0.25, 0.3) is 5.91 Å². The number of carbonyl (C=O) groups excluding carboxylic acids is 2. The Morgan fingerprint density at radius 1 is 1.00 bits per heavy atom. The lowest BCUT2D eigenvalue weighted by Gasteiger charge is -2.23. The van der Waals surface area contributed by atoms with Crippen LogP contribution in [-0.4, -0.2) is 31.2 Å². The van der Waals surface area contributed by atoms with E-state index in [2.05, 4.69) is 5.32 Å². The Hall–Kier alpha value is -3.02. The van der Waals surface area contributed by atoms with Crippen molar-refractivity contribution in [2.45, 2.75) is 51.2 Å². The maximum absolute atomic E-state index is 12.5. The SMILES string of the molecule is COc1ccccc1NC(=O)c1ccc(O[C@H](C)C(=O)OC2CCCCC2)cc1. The van der Waals surface area contributed by atoms with Crippen LogP contribution >= 0.6 is 0 Å². The second-order valence-corrected chi connectivity index (χ2v) is 7.14. The third-order valence-corrected chi connectivity index (χ3v) is 4.95. The summed E-state index contributed by atoms with van der Waals surface area (Å²) in [6.07, 6.45) is 4.56. The van der Waals surface area contributed by atoms with Gasteiger partial charge in [0.15, 0.2) is 6.10 Å². The van der Waals surface area contributed by atoms with E-state index in [4.69, 9.17) is 14.2 Å². The van der Waals surface area contributed by atoms with Crippen molar-refractivity contribution in [1.29, 1.82) is 0 Å². The summed E-state index contributed by atoms with van der Waals surface area (Å²) >= 11 is 0. The summed E-state index contributed by atoms with van der Waals surface area (Å²) in [4.78, 5) is 24.7. The van der Waals surface area contributed by atoms with E-state index < -0.39 is 6.10 Å².